The third-order valence-corrected chi connectivity index (χ3v) is 4.68. The first-order valence-electron chi connectivity index (χ1n) is 9.08. The summed E-state index contributed by atoms with van der Waals surface area (Å²) >= 11 is 0. The summed E-state index contributed by atoms with van der Waals surface area (Å²) in [4.78, 5) is 12.5. The number of hydrogen-bond donors (Lipinski definition) is 0. The Labute approximate surface area is 159 Å². The number of benzene rings is 1. The fourth-order valence-corrected chi connectivity index (χ4v) is 2.83. The highest BCUT2D eigenvalue weighted by Crippen LogP contribution is 2.43. The van der Waals surface area contributed by atoms with E-state index in [2.05, 4.69) is 20.4 Å². The van der Waals surface area contributed by atoms with Crippen molar-refractivity contribution in [2.24, 2.45) is 11.8 Å². The summed E-state index contributed by atoms with van der Waals surface area (Å²) in [6.45, 7) is 9.79. The monoisotopic (exact) mass is 386 g/mol. The molecule has 0 saturated carbocycles. The van der Waals surface area contributed by atoms with Gasteiger partial charge in [0.2, 0.25) is 0 Å². The van der Waals surface area contributed by atoms with E-state index in [1.165, 1.54) is 24.3 Å². The van der Waals surface area contributed by atoms with Gasteiger partial charge in [-0.15, -0.1) is 0 Å². The van der Waals surface area contributed by atoms with Crippen LogP contribution in [0.3, 0.4) is 0 Å². The molecular formula is C21H29F3O3. The van der Waals surface area contributed by atoms with E-state index in [0.717, 1.165) is 26.4 Å². The number of alkyl halides is 3. The van der Waals surface area contributed by atoms with Crippen molar-refractivity contribution in [3.63, 3.8) is 0 Å². The van der Waals surface area contributed by atoms with Crippen LogP contribution in [-0.2, 0) is 19.9 Å². The molecule has 0 saturated heterocycles. The summed E-state index contributed by atoms with van der Waals surface area (Å²) in [5.41, 5.74) is -2.89. The first kappa shape index (κ1) is 23.2. The van der Waals surface area contributed by atoms with Crippen LogP contribution in [0.1, 0.15) is 45.6 Å². The Morgan fingerprint density at radius 1 is 1.11 bits per heavy atom. The maximum atomic E-state index is 13.8. The Morgan fingerprint density at radius 3 is 2.19 bits per heavy atom. The summed E-state index contributed by atoms with van der Waals surface area (Å²) in [6.07, 6.45) is -2.07. The molecule has 0 heterocycles. The summed E-state index contributed by atoms with van der Waals surface area (Å²) in [6, 6.07) is 6.78. The van der Waals surface area contributed by atoms with Crippen LogP contribution >= 0.6 is 0 Å². The lowest BCUT2D eigenvalue weighted by atomic mass is 9.92. The number of carbonyl (C=O) groups excluding carboxylic acids is 1. The van der Waals surface area contributed by atoms with E-state index in [1.54, 1.807) is 6.07 Å². The normalized spacial score (nSPS) is 15.3. The van der Waals surface area contributed by atoms with Gasteiger partial charge in [0.05, 0.1) is 0 Å². The van der Waals surface area contributed by atoms with E-state index in [-0.39, 0.29) is 18.1 Å². The Morgan fingerprint density at radius 2 is 1.70 bits per heavy atom. The van der Waals surface area contributed by atoms with Crippen LogP contribution in [0.15, 0.2) is 42.5 Å². The Balaban J connectivity index is 2.85. The minimum absolute atomic E-state index is 0.0520. The van der Waals surface area contributed by atoms with Crippen LogP contribution in [0.2, 0.25) is 0 Å². The third kappa shape index (κ3) is 5.83. The minimum Gasteiger partial charge on any atom is -0.459 e. The van der Waals surface area contributed by atoms with Gasteiger partial charge in [0, 0.05) is 12.7 Å². The lowest BCUT2D eigenvalue weighted by Crippen LogP contribution is -2.51. The predicted molar refractivity (Wildman–Crippen MR) is 99.1 cm³/mol. The zero-order valence-corrected chi connectivity index (χ0v) is 16.4. The largest absolute Gasteiger partial charge is 0.459 e. The molecule has 1 aromatic rings. The first-order valence-corrected chi connectivity index (χ1v) is 9.08. The summed E-state index contributed by atoms with van der Waals surface area (Å²) < 4.78 is 51.1. The van der Waals surface area contributed by atoms with Crippen molar-refractivity contribution in [2.45, 2.75) is 51.8 Å². The van der Waals surface area contributed by atoms with Crippen LogP contribution in [0.5, 0.6) is 0 Å². The molecule has 1 aromatic carbocycles. The molecule has 3 nitrogen and oxygen atoms in total. The molecule has 0 aliphatic rings. The molecule has 152 valence electrons. The smallest absolute Gasteiger partial charge is 0.432 e. The minimum atomic E-state index is -4.97. The molecule has 0 fully saturated rings. The van der Waals surface area contributed by atoms with Crippen LogP contribution in [-0.4, -0.2) is 25.9 Å². The number of methoxy groups -OCH3 is 1. The highest BCUT2D eigenvalue weighted by molar-refractivity contribution is 5.82. The van der Waals surface area contributed by atoms with Gasteiger partial charge >= 0.3 is 12.1 Å². The molecule has 27 heavy (non-hydrogen) atoms. The predicted octanol–water partition coefficient (Wildman–Crippen LogP) is 5.65. The topological polar surface area (TPSA) is 35.5 Å². The van der Waals surface area contributed by atoms with E-state index in [9.17, 15) is 18.0 Å². The van der Waals surface area contributed by atoms with Gasteiger partial charge < -0.3 is 9.47 Å². The molecule has 0 N–H and O–H groups in total. The molecule has 0 aromatic heterocycles. The maximum Gasteiger partial charge on any atom is 0.432 e. The van der Waals surface area contributed by atoms with Gasteiger partial charge in [-0.25, -0.2) is 4.79 Å². The van der Waals surface area contributed by atoms with Crippen molar-refractivity contribution in [3.8, 4) is 0 Å². The van der Waals surface area contributed by atoms with Crippen molar-refractivity contribution in [3.05, 3.63) is 48.0 Å². The fraction of sp³-hybridized carbons (Fsp3) is 0.571. The summed E-state index contributed by atoms with van der Waals surface area (Å²) in [5, 5.41) is 0. The number of rotatable bonds is 10. The molecule has 6 heteroatoms. The molecule has 0 aliphatic carbocycles. The van der Waals surface area contributed by atoms with Gasteiger partial charge in [0.15, 0.2) is 0 Å². The van der Waals surface area contributed by atoms with Gasteiger partial charge in [0.1, 0.15) is 6.61 Å². The summed E-state index contributed by atoms with van der Waals surface area (Å²) in [5.74, 6) is -0.849. The van der Waals surface area contributed by atoms with Crippen molar-refractivity contribution in [2.75, 3.05) is 13.7 Å². The van der Waals surface area contributed by atoms with Crippen LogP contribution in [0, 0.1) is 11.8 Å². The molecule has 0 aliphatic heterocycles. The lowest BCUT2D eigenvalue weighted by molar-refractivity contribution is -0.276. The number of hydrogen-bond acceptors (Lipinski definition) is 3. The van der Waals surface area contributed by atoms with Gasteiger partial charge in [-0.1, -0.05) is 70.5 Å². The second-order valence-corrected chi connectivity index (χ2v) is 7.21. The van der Waals surface area contributed by atoms with Crippen molar-refractivity contribution in [1.29, 1.82) is 0 Å². The average molecular weight is 386 g/mol. The zero-order chi connectivity index (χ0) is 20.7. The second kappa shape index (κ2) is 9.93. The Bertz CT molecular complexity index is 611. The highest BCUT2D eigenvalue weighted by Gasteiger charge is 2.64. The summed E-state index contributed by atoms with van der Waals surface area (Å²) in [7, 11) is 0.852. The number of ether oxygens (including phenoxy) is 2. The van der Waals surface area contributed by atoms with Gasteiger partial charge in [-0.2, -0.15) is 13.2 Å². The molecule has 0 unspecified atom stereocenters. The average Bonchev–Trinajstić information content (AvgIpc) is 2.60. The molecule has 0 radical (unpaired) electrons. The Kier molecular flexibility index (Phi) is 8.54. The van der Waals surface area contributed by atoms with Gasteiger partial charge in [-0.3, -0.25) is 0 Å². The molecule has 0 amide bonds. The van der Waals surface area contributed by atoms with E-state index in [0.29, 0.717) is 11.5 Å². The fourth-order valence-electron chi connectivity index (χ4n) is 2.83. The van der Waals surface area contributed by atoms with Crippen LogP contribution in [0.4, 0.5) is 13.2 Å². The van der Waals surface area contributed by atoms with Crippen LogP contribution in [0.25, 0.3) is 0 Å². The molecule has 0 bridgehead atoms. The molecule has 2 atom stereocenters. The van der Waals surface area contributed by atoms with E-state index in [1.807, 2.05) is 6.92 Å². The van der Waals surface area contributed by atoms with Crippen molar-refractivity contribution in [1.82, 2.24) is 0 Å². The van der Waals surface area contributed by atoms with Gasteiger partial charge in [-0.05, 0) is 23.8 Å². The molecular weight excluding hydrogens is 357 g/mol. The third-order valence-electron chi connectivity index (χ3n) is 4.68. The Hall–Kier alpha value is -1.82. The van der Waals surface area contributed by atoms with Crippen molar-refractivity contribution >= 4 is 5.97 Å². The quantitative estimate of drug-likeness (QED) is 0.385. The van der Waals surface area contributed by atoms with E-state index in [4.69, 9.17) is 9.47 Å². The van der Waals surface area contributed by atoms with Gasteiger partial charge in [0.25, 0.3) is 5.60 Å². The number of esters is 1. The maximum absolute atomic E-state index is 13.8. The number of halogens is 3. The molecule has 0 spiro atoms. The number of carbonyl (C=O) groups is 1. The highest BCUT2D eigenvalue weighted by atomic mass is 19.4. The van der Waals surface area contributed by atoms with E-state index >= 15 is 0 Å². The van der Waals surface area contributed by atoms with E-state index < -0.39 is 17.7 Å². The zero-order valence-electron chi connectivity index (χ0n) is 16.4. The lowest BCUT2D eigenvalue weighted by Gasteiger charge is -2.32. The van der Waals surface area contributed by atoms with Crippen molar-refractivity contribution < 1.29 is 27.4 Å². The SMILES string of the molecule is C=C(COC(=O)[C@](OC)(c1ccccc1)C(F)(F)F)[C@@H](C)CCCC(C)C. The molecule has 1 rings (SSSR count). The standard InChI is InChI=1S/C21H29F3O3/c1-15(2)10-9-11-16(3)17(4)14-27-19(25)20(26-5,21(22,23)24)18-12-7-6-8-13-18/h6-8,12-13,15-16H,4,9-11,14H2,1-3,5H3/t16-,20+/m0/s1. The first-order chi connectivity index (χ1) is 12.6. The van der Waals surface area contributed by atoms with Crippen LogP contribution < -0.4 is 0 Å². The second-order valence-electron chi connectivity index (χ2n) is 7.21.